The van der Waals surface area contributed by atoms with Crippen molar-refractivity contribution in [1.82, 2.24) is 0 Å². The van der Waals surface area contributed by atoms with Gasteiger partial charge in [0, 0.05) is 6.08 Å². The number of allylic oxidation sites excluding steroid dienone is 3. The Morgan fingerprint density at radius 3 is 2.48 bits per heavy atom. The summed E-state index contributed by atoms with van der Waals surface area (Å²) in [7, 11) is 0. The Hall–Kier alpha value is -2.62. The molecule has 0 bridgehead atoms. The van der Waals surface area contributed by atoms with E-state index in [-0.39, 0.29) is 11.5 Å². The van der Waals surface area contributed by atoms with E-state index in [0.717, 1.165) is 24.0 Å². The quantitative estimate of drug-likeness (QED) is 0.150. The van der Waals surface area contributed by atoms with E-state index in [0.29, 0.717) is 12.2 Å². The molecule has 29 heavy (non-hydrogen) atoms. The van der Waals surface area contributed by atoms with Gasteiger partial charge >= 0.3 is 5.97 Å². The fourth-order valence-electron chi connectivity index (χ4n) is 2.84. The number of unbranched alkanes of at least 4 members (excludes halogenated alkanes) is 1. The van der Waals surface area contributed by atoms with Crippen molar-refractivity contribution in [1.29, 1.82) is 0 Å². The van der Waals surface area contributed by atoms with Crippen LogP contribution in [0.5, 0.6) is 0 Å². The first-order chi connectivity index (χ1) is 13.9. The average Bonchev–Trinajstić information content (AvgIpc) is 2.68. The second kappa shape index (κ2) is 13.5. The van der Waals surface area contributed by atoms with Crippen molar-refractivity contribution in [2.24, 2.45) is 5.92 Å². The second-order valence-corrected chi connectivity index (χ2v) is 7.05. The molecule has 0 aliphatic carbocycles. The van der Waals surface area contributed by atoms with Gasteiger partial charge in [-0.05, 0) is 43.4 Å². The lowest BCUT2D eigenvalue weighted by molar-refractivity contribution is 0.0637. The SMILES string of the molecule is C=C(/C=C(/F)C(=C)OCC)OC(=O)c1ccc(/C=C/CCCC(C)CCC)cc1. The molecule has 4 heteroatoms. The van der Waals surface area contributed by atoms with Crippen molar-refractivity contribution in [3.05, 3.63) is 78.0 Å². The van der Waals surface area contributed by atoms with E-state index in [1.165, 1.54) is 25.7 Å². The molecule has 0 fully saturated rings. The summed E-state index contributed by atoms with van der Waals surface area (Å²) in [4.78, 5) is 12.2. The Bertz CT molecular complexity index is 729. The number of benzene rings is 1. The highest BCUT2D eigenvalue weighted by molar-refractivity contribution is 5.90. The molecule has 0 aromatic heterocycles. The monoisotopic (exact) mass is 400 g/mol. The number of carbonyl (C=O) groups excluding carboxylic acids is 1. The Balaban J connectivity index is 2.51. The molecule has 0 aliphatic rings. The summed E-state index contributed by atoms with van der Waals surface area (Å²) >= 11 is 0. The highest BCUT2D eigenvalue weighted by atomic mass is 19.1. The molecule has 0 saturated heterocycles. The maximum atomic E-state index is 13.8. The zero-order chi connectivity index (χ0) is 21.6. The van der Waals surface area contributed by atoms with Gasteiger partial charge in [-0.1, -0.05) is 70.6 Å². The minimum absolute atomic E-state index is 0.116. The van der Waals surface area contributed by atoms with E-state index in [1.807, 2.05) is 12.1 Å². The first kappa shape index (κ1) is 24.4. The van der Waals surface area contributed by atoms with Crippen LogP contribution in [0.15, 0.2) is 66.9 Å². The van der Waals surface area contributed by atoms with Crippen LogP contribution in [-0.4, -0.2) is 12.6 Å². The molecule has 1 aromatic rings. The number of rotatable bonds is 13. The topological polar surface area (TPSA) is 35.5 Å². The van der Waals surface area contributed by atoms with Crippen molar-refractivity contribution >= 4 is 12.0 Å². The van der Waals surface area contributed by atoms with E-state index in [9.17, 15) is 9.18 Å². The minimum Gasteiger partial charge on any atom is -0.491 e. The summed E-state index contributed by atoms with van der Waals surface area (Å²) in [6.45, 7) is 13.5. The highest BCUT2D eigenvalue weighted by Gasteiger charge is 2.10. The highest BCUT2D eigenvalue weighted by Crippen LogP contribution is 2.16. The van der Waals surface area contributed by atoms with Crippen molar-refractivity contribution in [2.45, 2.75) is 52.9 Å². The van der Waals surface area contributed by atoms with E-state index in [4.69, 9.17) is 9.47 Å². The Labute approximate surface area is 174 Å². The fourth-order valence-corrected chi connectivity index (χ4v) is 2.84. The normalized spacial score (nSPS) is 12.6. The van der Waals surface area contributed by atoms with E-state index in [2.05, 4.69) is 39.2 Å². The molecule has 0 spiro atoms. The average molecular weight is 401 g/mol. The molecule has 1 unspecified atom stereocenters. The van der Waals surface area contributed by atoms with Gasteiger partial charge < -0.3 is 9.47 Å². The van der Waals surface area contributed by atoms with Gasteiger partial charge in [0.2, 0.25) is 0 Å². The predicted octanol–water partition coefficient (Wildman–Crippen LogP) is 7.38. The van der Waals surface area contributed by atoms with Gasteiger partial charge in [-0.3, -0.25) is 0 Å². The fraction of sp³-hybridized carbons (Fsp3) is 0.400. The van der Waals surface area contributed by atoms with Crippen LogP contribution >= 0.6 is 0 Å². The molecule has 0 amide bonds. The molecule has 158 valence electrons. The molecule has 3 nitrogen and oxygen atoms in total. The lowest BCUT2D eigenvalue weighted by atomic mass is 9.99. The Morgan fingerprint density at radius 1 is 1.17 bits per heavy atom. The number of esters is 1. The third-order valence-electron chi connectivity index (χ3n) is 4.40. The summed E-state index contributed by atoms with van der Waals surface area (Å²) in [6.07, 6.45) is 11.2. The van der Waals surface area contributed by atoms with Gasteiger partial charge in [0.15, 0.2) is 5.83 Å². The first-order valence-electron chi connectivity index (χ1n) is 10.2. The Morgan fingerprint density at radius 2 is 1.86 bits per heavy atom. The predicted molar refractivity (Wildman–Crippen MR) is 118 cm³/mol. The van der Waals surface area contributed by atoms with E-state index in [1.54, 1.807) is 19.1 Å². The van der Waals surface area contributed by atoms with Crippen molar-refractivity contribution in [2.75, 3.05) is 6.61 Å². The van der Waals surface area contributed by atoms with Crippen LogP contribution in [0, 0.1) is 5.92 Å². The van der Waals surface area contributed by atoms with Crippen molar-refractivity contribution < 1.29 is 18.7 Å². The third kappa shape index (κ3) is 9.93. The summed E-state index contributed by atoms with van der Waals surface area (Å²) in [6, 6.07) is 7.06. The van der Waals surface area contributed by atoms with Crippen molar-refractivity contribution in [3.8, 4) is 0 Å². The first-order valence-corrected chi connectivity index (χ1v) is 10.2. The molecule has 0 radical (unpaired) electrons. The largest absolute Gasteiger partial charge is 0.491 e. The lowest BCUT2D eigenvalue weighted by Gasteiger charge is -2.07. The lowest BCUT2D eigenvalue weighted by Crippen LogP contribution is -2.04. The van der Waals surface area contributed by atoms with Gasteiger partial charge in [-0.2, -0.15) is 0 Å². The maximum Gasteiger partial charge on any atom is 0.343 e. The molecule has 1 atom stereocenters. The smallest absolute Gasteiger partial charge is 0.343 e. The molecule has 0 aliphatic heterocycles. The van der Waals surface area contributed by atoms with Gasteiger partial charge in [0.05, 0.1) is 12.2 Å². The molecule has 0 N–H and O–H groups in total. The van der Waals surface area contributed by atoms with Crippen LogP contribution in [0.25, 0.3) is 6.08 Å². The number of hydrogen-bond acceptors (Lipinski definition) is 3. The van der Waals surface area contributed by atoms with Gasteiger partial charge in [-0.15, -0.1) is 0 Å². The van der Waals surface area contributed by atoms with Crippen LogP contribution in [0.1, 0.15) is 68.8 Å². The molecule has 1 aromatic carbocycles. The molecular formula is C25H33FO3. The summed E-state index contributed by atoms with van der Waals surface area (Å²) in [5.74, 6) is -0.778. The summed E-state index contributed by atoms with van der Waals surface area (Å²) in [5.41, 5.74) is 1.38. The molecule has 0 heterocycles. The number of hydrogen-bond donors (Lipinski definition) is 0. The second-order valence-electron chi connectivity index (χ2n) is 7.05. The van der Waals surface area contributed by atoms with E-state index < -0.39 is 11.8 Å². The van der Waals surface area contributed by atoms with Gasteiger partial charge in [-0.25, -0.2) is 9.18 Å². The van der Waals surface area contributed by atoms with Crippen LogP contribution < -0.4 is 0 Å². The number of halogens is 1. The maximum absolute atomic E-state index is 13.8. The molecule has 1 rings (SSSR count). The van der Waals surface area contributed by atoms with Crippen LogP contribution in [0.4, 0.5) is 4.39 Å². The van der Waals surface area contributed by atoms with Crippen molar-refractivity contribution in [3.63, 3.8) is 0 Å². The van der Waals surface area contributed by atoms with Gasteiger partial charge in [0.25, 0.3) is 0 Å². The standard InChI is InChI=1S/C25H33FO3/c1-6-11-19(3)12-9-8-10-13-22-14-16-23(17-15-22)25(27)29-20(4)18-24(26)21(5)28-7-2/h10,13-19H,4-9,11-12H2,1-3H3/b13-10+,24-18+. The number of carbonyl (C=O) groups is 1. The van der Waals surface area contributed by atoms with E-state index >= 15 is 0 Å². The zero-order valence-electron chi connectivity index (χ0n) is 17.9. The summed E-state index contributed by atoms with van der Waals surface area (Å²) < 4.78 is 23.8. The Kier molecular flexibility index (Phi) is 11.4. The van der Waals surface area contributed by atoms with Crippen LogP contribution in [0.3, 0.4) is 0 Å². The summed E-state index contributed by atoms with van der Waals surface area (Å²) in [5, 5.41) is 0. The van der Waals surface area contributed by atoms with Gasteiger partial charge in [0.1, 0.15) is 11.5 Å². The third-order valence-corrected chi connectivity index (χ3v) is 4.40. The molecular weight excluding hydrogens is 367 g/mol. The number of ether oxygens (including phenoxy) is 2. The zero-order valence-corrected chi connectivity index (χ0v) is 17.9. The van der Waals surface area contributed by atoms with Crippen LogP contribution in [-0.2, 0) is 9.47 Å². The minimum atomic E-state index is -0.728. The molecule has 0 saturated carbocycles. The van der Waals surface area contributed by atoms with Crippen LogP contribution in [0.2, 0.25) is 0 Å².